The molecule has 9 heteroatoms. The Kier molecular flexibility index (Phi) is 6.94. The van der Waals surface area contributed by atoms with Crippen molar-refractivity contribution >= 4 is 28.1 Å². The fourth-order valence-electron chi connectivity index (χ4n) is 3.01. The molecule has 0 spiro atoms. The number of hydrogen-bond acceptors (Lipinski definition) is 5. The maximum absolute atomic E-state index is 12.5. The lowest BCUT2D eigenvalue weighted by Gasteiger charge is -2.23. The smallest absolute Gasteiger partial charge is 0.269 e. The second kappa shape index (κ2) is 8.05. The van der Waals surface area contributed by atoms with E-state index in [0.29, 0.717) is 5.56 Å². The molecule has 1 aliphatic carbocycles. The van der Waals surface area contributed by atoms with Crippen molar-refractivity contribution in [2.45, 2.75) is 43.5 Å². The van der Waals surface area contributed by atoms with E-state index in [1.807, 2.05) is 0 Å². The maximum atomic E-state index is 12.5. The van der Waals surface area contributed by atoms with Crippen molar-refractivity contribution in [3.8, 4) is 0 Å². The highest BCUT2D eigenvalue weighted by Gasteiger charge is 2.29. The van der Waals surface area contributed by atoms with Gasteiger partial charge in [-0.3, -0.25) is 10.1 Å². The molecular weight excluding hydrogens is 342 g/mol. The van der Waals surface area contributed by atoms with Gasteiger partial charge in [-0.05, 0) is 37.3 Å². The third kappa shape index (κ3) is 4.63. The fourth-order valence-corrected chi connectivity index (χ4v) is 4.55. The summed E-state index contributed by atoms with van der Waals surface area (Å²) in [4.78, 5) is 10.3. The molecule has 2 rings (SSSR count). The van der Waals surface area contributed by atoms with E-state index >= 15 is 0 Å². The normalized spacial score (nSPS) is 16.8. The number of nitrogens with zero attached hydrogens (tertiary/aromatic N) is 1. The van der Waals surface area contributed by atoms with Crippen molar-refractivity contribution < 1.29 is 13.3 Å². The molecule has 1 aromatic carbocycles. The lowest BCUT2D eigenvalue weighted by molar-refractivity contribution is -0.385. The molecule has 0 heterocycles. The SMILES string of the molecule is Cc1cc([N+](=O)[O-])ccc1S(=O)(=O)NC(CN)C1CCCC1.Cl. The van der Waals surface area contributed by atoms with Crippen molar-refractivity contribution in [3.05, 3.63) is 33.9 Å². The molecule has 1 aromatic rings. The van der Waals surface area contributed by atoms with Crippen LogP contribution in [0, 0.1) is 23.0 Å². The van der Waals surface area contributed by atoms with E-state index in [1.54, 1.807) is 6.92 Å². The Labute approximate surface area is 142 Å². The summed E-state index contributed by atoms with van der Waals surface area (Å²) >= 11 is 0. The Morgan fingerprint density at radius 2 is 2.00 bits per heavy atom. The Hall–Kier alpha value is -1.22. The molecule has 1 atom stereocenters. The first-order chi connectivity index (χ1) is 10.3. The minimum atomic E-state index is -3.73. The van der Waals surface area contributed by atoms with Crippen molar-refractivity contribution in [2.75, 3.05) is 6.54 Å². The minimum absolute atomic E-state index is 0. The van der Waals surface area contributed by atoms with Crippen molar-refractivity contribution in [1.29, 1.82) is 0 Å². The number of aryl methyl sites for hydroxylation is 1. The third-order valence-electron chi connectivity index (χ3n) is 4.19. The second-order valence-electron chi connectivity index (χ2n) is 5.71. The van der Waals surface area contributed by atoms with Gasteiger partial charge < -0.3 is 5.73 Å². The zero-order chi connectivity index (χ0) is 16.3. The van der Waals surface area contributed by atoms with E-state index in [2.05, 4.69) is 4.72 Å². The molecule has 0 saturated heterocycles. The van der Waals surface area contributed by atoms with Crippen LogP contribution in [0.1, 0.15) is 31.2 Å². The van der Waals surface area contributed by atoms with Crippen LogP contribution in [-0.4, -0.2) is 25.9 Å². The molecular formula is C14H22ClN3O4S. The predicted molar refractivity (Wildman–Crippen MR) is 90.2 cm³/mol. The molecule has 23 heavy (non-hydrogen) atoms. The standard InChI is InChI=1S/C14H21N3O4S.ClH/c1-10-8-12(17(18)19)6-7-14(10)22(20,21)16-13(9-15)11-4-2-3-5-11;/h6-8,11,13,16H,2-5,9,15H2,1H3;1H. The second-order valence-corrected chi connectivity index (χ2v) is 7.40. The molecule has 3 N–H and O–H groups in total. The van der Waals surface area contributed by atoms with E-state index < -0.39 is 14.9 Å². The van der Waals surface area contributed by atoms with Gasteiger partial charge in [-0.25, -0.2) is 13.1 Å². The Morgan fingerprint density at radius 3 is 2.48 bits per heavy atom. The first-order valence-electron chi connectivity index (χ1n) is 7.32. The molecule has 0 aromatic heterocycles. The zero-order valence-electron chi connectivity index (χ0n) is 12.9. The summed E-state index contributed by atoms with van der Waals surface area (Å²) in [6.45, 7) is 1.80. The summed E-state index contributed by atoms with van der Waals surface area (Å²) in [5.74, 6) is 0.262. The molecule has 0 radical (unpaired) electrons. The van der Waals surface area contributed by atoms with Gasteiger partial charge in [0.15, 0.2) is 0 Å². The van der Waals surface area contributed by atoms with E-state index in [0.717, 1.165) is 25.7 Å². The fraction of sp³-hybridized carbons (Fsp3) is 0.571. The first kappa shape index (κ1) is 19.8. The highest BCUT2D eigenvalue weighted by Crippen LogP contribution is 2.29. The molecule has 0 aliphatic heterocycles. The number of sulfonamides is 1. The lowest BCUT2D eigenvalue weighted by atomic mass is 9.99. The van der Waals surface area contributed by atoms with Gasteiger partial charge in [-0.1, -0.05) is 12.8 Å². The first-order valence-corrected chi connectivity index (χ1v) is 8.81. The van der Waals surface area contributed by atoms with E-state index in [4.69, 9.17) is 5.73 Å². The summed E-state index contributed by atoms with van der Waals surface area (Å²) in [7, 11) is -3.73. The van der Waals surface area contributed by atoms with Crippen LogP contribution in [-0.2, 0) is 10.0 Å². The average Bonchev–Trinajstić information content (AvgIpc) is 2.98. The van der Waals surface area contributed by atoms with Crippen LogP contribution < -0.4 is 10.5 Å². The Balaban J connectivity index is 0.00000264. The van der Waals surface area contributed by atoms with E-state index in [1.165, 1.54) is 18.2 Å². The van der Waals surface area contributed by atoms with Crippen LogP contribution in [0.25, 0.3) is 0 Å². The Bertz CT molecular complexity index is 660. The topological polar surface area (TPSA) is 115 Å². The molecule has 1 aliphatic rings. The monoisotopic (exact) mass is 363 g/mol. The molecule has 0 amide bonds. The minimum Gasteiger partial charge on any atom is -0.329 e. The molecule has 1 unspecified atom stereocenters. The van der Waals surface area contributed by atoms with Crippen molar-refractivity contribution in [3.63, 3.8) is 0 Å². The highest BCUT2D eigenvalue weighted by atomic mass is 35.5. The molecule has 1 fully saturated rings. The number of benzene rings is 1. The van der Waals surface area contributed by atoms with Crippen LogP contribution in [0.15, 0.2) is 23.1 Å². The predicted octanol–water partition coefficient (Wildman–Crippen LogP) is 2.12. The van der Waals surface area contributed by atoms with Gasteiger partial charge in [-0.15, -0.1) is 12.4 Å². The van der Waals surface area contributed by atoms with Gasteiger partial charge >= 0.3 is 0 Å². The summed E-state index contributed by atoms with van der Waals surface area (Å²) in [6, 6.07) is 3.45. The number of rotatable bonds is 6. The number of non-ortho nitro benzene ring substituents is 1. The van der Waals surface area contributed by atoms with Gasteiger partial charge in [-0.2, -0.15) is 0 Å². The quantitative estimate of drug-likeness (QED) is 0.593. The van der Waals surface area contributed by atoms with Crippen LogP contribution in [0.3, 0.4) is 0 Å². The van der Waals surface area contributed by atoms with Crippen molar-refractivity contribution in [2.24, 2.45) is 11.7 Å². The van der Waals surface area contributed by atoms with Gasteiger partial charge in [0.05, 0.1) is 9.82 Å². The largest absolute Gasteiger partial charge is 0.329 e. The number of hydrogen-bond donors (Lipinski definition) is 2. The summed E-state index contributed by atoms with van der Waals surface area (Å²) in [5, 5.41) is 10.7. The van der Waals surface area contributed by atoms with Gasteiger partial charge in [0.2, 0.25) is 10.0 Å². The highest BCUT2D eigenvalue weighted by molar-refractivity contribution is 7.89. The Morgan fingerprint density at radius 1 is 1.39 bits per heavy atom. The molecule has 0 bridgehead atoms. The van der Waals surface area contributed by atoms with E-state index in [-0.39, 0.29) is 41.5 Å². The number of nitrogens with one attached hydrogen (secondary N) is 1. The zero-order valence-corrected chi connectivity index (χ0v) is 14.5. The number of nitro groups is 1. The summed E-state index contributed by atoms with van der Waals surface area (Å²) < 4.78 is 27.7. The van der Waals surface area contributed by atoms with Crippen LogP contribution in [0.5, 0.6) is 0 Å². The maximum Gasteiger partial charge on any atom is 0.269 e. The molecule has 7 nitrogen and oxygen atoms in total. The van der Waals surface area contributed by atoms with Gasteiger partial charge in [0, 0.05) is 24.7 Å². The van der Waals surface area contributed by atoms with E-state index in [9.17, 15) is 18.5 Å². The molecule has 1 saturated carbocycles. The average molecular weight is 364 g/mol. The summed E-state index contributed by atoms with van der Waals surface area (Å²) in [5.41, 5.74) is 5.95. The lowest BCUT2D eigenvalue weighted by Crippen LogP contribution is -2.44. The van der Waals surface area contributed by atoms with Crippen LogP contribution in [0.2, 0.25) is 0 Å². The number of nitro benzene ring substituents is 1. The van der Waals surface area contributed by atoms with Crippen LogP contribution in [0.4, 0.5) is 5.69 Å². The number of nitrogens with two attached hydrogens (primary N) is 1. The summed E-state index contributed by atoms with van der Waals surface area (Å²) in [6.07, 6.45) is 4.15. The van der Waals surface area contributed by atoms with Gasteiger partial charge in [0.1, 0.15) is 0 Å². The van der Waals surface area contributed by atoms with Crippen LogP contribution >= 0.6 is 12.4 Å². The molecule has 130 valence electrons. The van der Waals surface area contributed by atoms with Gasteiger partial charge in [0.25, 0.3) is 5.69 Å². The third-order valence-corrected chi connectivity index (χ3v) is 5.84. The number of halogens is 1. The van der Waals surface area contributed by atoms with Crippen molar-refractivity contribution in [1.82, 2.24) is 4.72 Å².